The molecule has 5 heteroatoms. The lowest BCUT2D eigenvalue weighted by Crippen LogP contribution is -2.18. The van der Waals surface area contributed by atoms with Crippen LogP contribution in [0.25, 0.3) is 0 Å². The van der Waals surface area contributed by atoms with Gasteiger partial charge in [0.15, 0.2) is 5.82 Å². The van der Waals surface area contributed by atoms with E-state index >= 15 is 0 Å². The van der Waals surface area contributed by atoms with E-state index in [2.05, 4.69) is 34.8 Å². The summed E-state index contributed by atoms with van der Waals surface area (Å²) in [6.45, 7) is 2.08. The van der Waals surface area contributed by atoms with E-state index in [0.717, 1.165) is 12.2 Å². The van der Waals surface area contributed by atoms with E-state index in [4.69, 9.17) is 5.26 Å². The number of hydrogen-bond acceptors (Lipinski definition) is 5. The summed E-state index contributed by atoms with van der Waals surface area (Å²) in [6.07, 6.45) is 4.65. The minimum Gasteiger partial charge on any atom is -0.365 e. The van der Waals surface area contributed by atoms with Gasteiger partial charge in [0.25, 0.3) is 0 Å². The van der Waals surface area contributed by atoms with Crippen molar-refractivity contribution in [1.29, 1.82) is 5.26 Å². The summed E-state index contributed by atoms with van der Waals surface area (Å²) in [7, 11) is 0. The van der Waals surface area contributed by atoms with Gasteiger partial charge in [-0.05, 0) is 31.4 Å². The number of rotatable bonds is 5. The first-order chi connectivity index (χ1) is 7.27. The highest BCUT2D eigenvalue weighted by Gasteiger charge is 2.06. The average Bonchev–Trinajstić information content (AvgIpc) is 2.27. The Hall–Kier alpha value is -1.28. The normalized spacial score (nSPS) is 11.8. The van der Waals surface area contributed by atoms with Crippen molar-refractivity contribution in [1.82, 2.24) is 10.2 Å². The molecule has 0 bridgehead atoms. The van der Waals surface area contributed by atoms with Gasteiger partial charge in [-0.1, -0.05) is 0 Å². The van der Waals surface area contributed by atoms with Crippen molar-refractivity contribution in [2.75, 3.05) is 17.3 Å². The maximum Gasteiger partial charge on any atom is 0.166 e. The third-order valence-corrected chi connectivity index (χ3v) is 2.62. The monoisotopic (exact) mass is 222 g/mol. The number of aromatic nitrogens is 2. The number of nitrogens with one attached hydrogen (secondary N) is 1. The molecule has 0 fully saturated rings. The van der Waals surface area contributed by atoms with Crippen LogP contribution in [0.3, 0.4) is 0 Å². The fourth-order valence-electron chi connectivity index (χ4n) is 1.13. The predicted molar refractivity (Wildman–Crippen MR) is 62.8 cm³/mol. The first-order valence-corrected chi connectivity index (χ1v) is 6.14. The summed E-state index contributed by atoms with van der Waals surface area (Å²) in [5, 5.41) is 19.7. The van der Waals surface area contributed by atoms with E-state index in [0.29, 0.717) is 17.4 Å². The van der Waals surface area contributed by atoms with Gasteiger partial charge in [0.1, 0.15) is 6.07 Å². The quantitative estimate of drug-likeness (QED) is 0.824. The molecule has 0 aromatic carbocycles. The van der Waals surface area contributed by atoms with Gasteiger partial charge in [-0.25, -0.2) is 0 Å². The average molecular weight is 222 g/mol. The standard InChI is InChI=1S/C10H14N4S/c1-8(4-6-15-2)13-10-9(7-11)3-5-12-14-10/h3,5,8H,4,6H2,1-2H3,(H,13,14). The lowest BCUT2D eigenvalue weighted by atomic mass is 10.2. The summed E-state index contributed by atoms with van der Waals surface area (Å²) in [4.78, 5) is 0. The van der Waals surface area contributed by atoms with E-state index in [1.54, 1.807) is 6.07 Å². The van der Waals surface area contributed by atoms with Gasteiger partial charge in [-0.2, -0.15) is 22.1 Å². The van der Waals surface area contributed by atoms with Crippen molar-refractivity contribution in [2.45, 2.75) is 19.4 Å². The topological polar surface area (TPSA) is 61.6 Å². The molecule has 1 unspecified atom stereocenters. The van der Waals surface area contributed by atoms with Crippen LogP contribution in [0.5, 0.6) is 0 Å². The van der Waals surface area contributed by atoms with Crippen LogP contribution >= 0.6 is 11.8 Å². The zero-order chi connectivity index (χ0) is 11.1. The van der Waals surface area contributed by atoms with Gasteiger partial charge in [-0.3, -0.25) is 0 Å². The van der Waals surface area contributed by atoms with Crippen LogP contribution in [0.4, 0.5) is 5.82 Å². The van der Waals surface area contributed by atoms with E-state index in [9.17, 15) is 0 Å². The summed E-state index contributed by atoms with van der Waals surface area (Å²) < 4.78 is 0. The zero-order valence-electron chi connectivity index (χ0n) is 8.90. The maximum absolute atomic E-state index is 8.85. The van der Waals surface area contributed by atoms with Gasteiger partial charge in [0.2, 0.25) is 0 Å². The van der Waals surface area contributed by atoms with Crippen molar-refractivity contribution in [3.63, 3.8) is 0 Å². The van der Waals surface area contributed by atoms with Crippen molar-refractivity contribution in [2.24, 2.45) is 0 Å². The maximum atomic E-state index is 8.85. The molecule has 1 aromatic rings. The molecule has 0 radical (unpaired) electrons. The Kier molecular flexibility index (Phi) is 4.91. The summed E-state index contributed by atoms with van der Waals surface area (Å²) in [5.41, 5.74) is 0.543. The Labute approximate surface area is 94.1 Å². The molecular formula is C10H14N4S. The van der Waals surface area contributed by atoms with Gasteiger partial charge in [-0.15, -0.1) is 5.10 Å². The minimum absolute atomic E-state index is 0.307. The van der Waals surface area contributed by atoms with Gasteiger partial charge >= 0.3 is 0 Å². The fourth-order valence-corrected chi connectivity index (χ4v) is 1.72. The molecule has 1 N–H and O–H groups in total. The number of nitrogens with zero attached hydrogens (tertiary/aromatic N) is 3. The molecule has 0 saturated heterocycles. The van der Waals surface area contributed by atoms with Crippen LogP contribution in [-0.2, 0) is 0 Å². The van der Waals surface area contributed by atoms with Crippen molar-refractivity contribution in [3.8, 4) is 6.07 Å². The lowest BCUT2D eigenvalue weighted by Gasteiger charge is -2.13. The Bertz CT molecular complexity index is 348. The lowest BCUT2D eigenvalue weighted by molar-refractivity contribution is 0.761. The first-order valence-electron chi connectivity index (χ1n) is 4.75. The molecule has 80 valence electrons. The number of thioether (sulfide) groups is 1. The van der Waals surface area contributed by atoms with Crippen molar-refractivity contribution in [3.05, 3.63) is 17.8 Å². The highest BCUT2D eigenvalue weighted by atomic mass is 32.2. The van der Waals surface area contributed by atoms with E-state index in [1.165, 1.54) is 6.20 Å². The SMILES string of the molecule is CSCCC(C)Nc1nnccc1C#N. The molecule has 0 aliphatic carbocycles. The number of hydrogen-bond donors (Lipinski definition) is 1. The van der Waals surface area contributed by atoms with Gasteiger partial charge < -0.3 is 5.32 Å². The molecule has 1 heterocycles. The van der Waals surface area contributed by atoms with Crippen molar-refractivity contribution >= 4 is 17.6 Å². The first kappa shape index (κ1) is 11.8. The van der Waals surface area contributed by atoms with E-state index in [-0.39, 0.29) is 0 Å². The molecule has 0 aliphatic rings. The predicted octanol–water partition coefficient (Wildman–Crippen LogP) is 1.90. The molecule has 15 heavy (non-hydrogen) atoms. The third-order valence-electron chi connectivity index (χ3n) is 1.98. The van der Waals surface area contributed by atoms with Gasteiger partial charge in [0.05, 0.1) is 11.8 Å². The second-order valence-electron chi connectivity index (χ2n) is 3.23. The molecule has 4 nitrogen and oxygen atoms in total. The number of nitriles is 1. The molecule has 1 rings (SSSR count). The zero-order valence-corrected chi connectivity index (χ0v) is 9.71. The molecule has 0 aliphatic heterocycles. The minimum atomic E-state index is 0.307. The van der Waals surface area contributed by atoms with Crippen LogP contribution in [-0.4, -0.2) is 28.2 Å². The second-order valence-corrected chi connectivity index (χ2v) is 4.22. The number of anilines is 1. The molecule has 0 spiro atoms. The van der Waals surface area contributed by atoms with Crippen LogP contribution in [0.1, 0.15) is 18.9 Å². The van der Waals surface area contributed by atoms with E-state index in [1.807, 2.05) is 11.8 Å². The molecular weight excluding hydrogens is 208 g/mol. The molecule has 0 saturated carbocycles. The van der Waals surface area contributed by atoms with Crippen LogP contribution in [0.15, 0.2) is 12.3 Å². The summed E-state index contributed by atoms with van der Waals surface area (Å²) in [5.74, 6) is 1.67. The summed E-state index contributed by atoms with van der Waals surface area (Å²) in [6, 6.07) is 4.06. The summed E-state index contributed by atoms with van der Waals surface area (Å²) >= 11 is 1.81. The fraction of sp³-hybridized carbons (Fsp3) is 0.500. The van der Waals surface area contributed by atoms with Crippen LogP contribution in [0.2, 0.25) is 0 Å². The van der Waals surface area contributed by atoms with E-state index < -0.39 is 0 Å². The Balaban J connectivity index is 2.60. The highest BCUT2D eigenvalue weighted by Crippen LogP contribution is 2.11. The Morgan fingerprint density at radius 1 is 1.67 bits per heavy atom. The molecule has 1 atom stereocenters. The van der Waals surface area contributed by atoms with Crippen LogP contribution < -0.4 is 5.32 Å². The van der Waals surface area contributed by atoms with Crippen molar-refractivity contribution < 1.29 is 0 Å². The highest BCUT2D eigenvalue weighted by molar-refractivity contribution is 7.98. The Morgan fingerprint density at radius 3 is 3.13 bits per heavy atom. The van der Waals surface area contributed by atoms with Crippen LogP contribution in [0, 0.1) is 11.3 Å². The molecule has 0 amide bonds. The Morgan fingerprint density at radius 2 is 2.47 bits per heavy atom. The smallest absolute Gasteiger partial charge is 0.166 e. The van der Waals surface area contributed by atoms with Gasteiger partial charge in [0, 0.05) is 6.04 Å². The molecule has 1 aromatic heterocycles. The third kappa shape index (κ3) is 3.76. The second kappa shape index (κ2) is 6.25. The largest absolute Gasteiger partial charge is 0.365 e.